The third kappa shape index (κ3) is 2.38. The van der Waals surface area contributed by atoms with Crippen LogP contribution in [0.2, 0.25) is 0 Å². The van der Waals surface area contributed by atoms with E-state index in [-0.39, 0.29) is 6.10 Å². The van der Waals surface area contributed by atoms with E-state index in [4.69, 9.17) is 14.7 Å². The van der Waals surface area contributed by atoms with E-state index in [9.17, 15) is 0 Å². The zero-order valence-corrected chi connectivity index (χ0v) is 8.48. The minimum absolute atomic E-state index is 0.135. The Morgan fingerprint density at radius 1 is 1.60 bits per heavy atom. The summed E-state index contributed by atoms with van der Waals surface area (Å²) in [5, 5.41) is 12.1. The van der Waals surface area contributed by atoms with Gasteiger partial charge in [0.25, 0.3) is 0 Å². The lowest BCUT2D eigenvalue weighted by Crippen LogP contribution is -2.45. The van der Waals surface area contributed by atoms with Gasteiger partial charge in [-0.3, -0.25) is 0 Å². The van der Waals surface area contributed by atoms with Crippen LogP contribution in [-0.4, -0.2) is 31.5 Å². The molecule has 0 saturated carbocycles. The summed E-state index contributed by atoms with van der Waals surface area (Å²) in [5.74, 6) is 0. The van der Waals surface area contributed by atoms with Gasteiger partial charge in [-0.25, -0.2) is 0 Å². The van der Waals surface area contributed by atoms with Crippen LogP contribution in [0.25, 0.3) is 0 Å². The van der Waals surface area contributed by atoms with Crippen LogP contribution in [0.3, 0.4) is 0 Å². The molecule has 0 radical (unpaired) electrons. The Morgan fingerprint density at radius 2 is 2.53 bits per heavy atom. The van der Waals surface area contributed by atoms with E-state index in [0.717, 1.165) is 13.0 Å². The Morgan fingerprint density at radius 3 is 3.13 bits per heavy atom. The highest BCUT2D eigenvalue weighted by atomic mass is 16.5. The molecule has 1 N–H and O–H groups in total. The van der Waals surface area contributed by atoms with E-state index < -0.39 is 5.54 Å². The number of rotatable bonds is 3. The fraction of sp³-hybridized carbons (Fsp3) is 0.545. The number of hydrogen-bond donors (Lipinski definition) is 1. The van der Waals surface area contributed by atoms with Crippen molar-refractivity contribution in [2.24, 2.45) is 0 Å². The number of dihydropyridines is 1. The normalized spacial score (nSPS) is 33.7. The van der Waals surface area contributed by atoms with Gasteiger partial charge in [0.05, 0.1) is 25.4 Å². The first-order valence-corrected chi connectivity index (χ1v) is 5.07. The van der Waals surface area contributed by atoms with E-state index in [1.54, 1.807) is 6.20 Å². The molecule has 0 aromatic carbocycles. The molecule has 2 heterocycles. The molecule has 80 valence electrons. The molecule has 2 aliphatic rings. The van der Waals surface area contributed by atoms with Crippen LogP contribution in [0.4, 0.5) is 0 Å². The standard InChI is InChI=1S/C11H14N2O2/c12-8-11(4-1-2-5-13-11)9-15-10-3-6-14-7-10/h1-2,4-5,10,13H,3,6-7,9H2/t10?,11-/m0/s1. The summed E-state index contributed by atoms with van der Waals surface area (Å²) < 4.78 is 10.8. The lowest BCUT2D eigenvalue weighted by atomic mass is 10.0. The summed E-state index contributed by atoms with van der Waals surface area (Å²) in [4.78, 5) is 0. The van der Waals surface area contributed by atoms with E-state index in [2.05, 4.69) is 11.4 Å². The Balaban J connectivity index is 1.88. The van der Waals surface area contributed by atoms with Gasteiger partial charge in [0.2, 0.25) is 0 Å². The molecule has 1 unspecified atom stereocenters. The molecule has 2 atom stereocenters. The van der Waals surface area contributed by atoms with Gasteiger partial charge in [0.1, 0.15) is 0 Å². The highest BCUT2D eigenvalue weighted by molar-refractivity contribution is 5.28. The summed E-state index contributed by atoms with van der Waals surface area (Å²) >= 11 is 0. The van der Waals surface area contributed by atoms with E-state index >= 15 is 0 Å². The Bertz CT molecular complexity index is 313. The molecular weight excluding hydrogens is 192 g/mol. The van der Waals surface area contributed by atoms with E-state index in [1.807, 2.05) is 18.2 Å². The van der Waals surface area contributed by atoms with Crippen molar-refractivity contribution in [2.45, 2.75) is 18.1 Å². The average Bonchev–Trinajstić information content (AvgIpc) is 2.81. The van der Waals surface area contributed by atoms with Crippen molar-refractivity contribution < 1.29 is 9.47 Å². The largest absolute Gasteiger partial charge is 0.379 e. The fourth-order valence-electron chi connectivity index (χ4n) is 1.61. The van der Waals surface area contributed by atoms with Crippen LogP contribution in [0, 0.1) is 11.3 Å². The SMILES string of the molecule is N#C[C@]1(COC2CCOC2)C=CC=CN1. The maximum atomic E-state index is 9.11. The molecule has 1 fully saturated rings. The highest BCUT2D eigenvalue weighted by Crippen LogP contribution is 2.15. The van der Waals surface area contributed by atoms with Gasteiger partial charge < -0.3 is 14.8 Å². The lowest BCUT2D eigenvalue weighted by molar-refractivity contribution is 0.0275. The number of allylic oxidation sites excluding steroid dienone is 2. The van der Waals surface area contributed by atoms with Crippen molar-refractivity contribution >= 4 is 0 Å². The van der Waals surface area contributed by atoms with Crippen LogP contribution in [0.1, 0.15) is 6.42 Å². The van der Waals surface area contributed by atoms with Crippen molar-refractivity contribution in [3.8, 4) is 6.07 Å². The second kappa shape index (κ2) is 4.47. The second-order valence-electron chi connectivity index (χ2n) is 3.74. The van der Waals surface area contributed by atoms with Crippen molar-refractivity contribution in [1.29, 1.82) is 5.26 Å². The molecule has 0 amide bonds. The molecule has 1 saturated heterocycles. The Labute approximate surface area is 89.2 Å². The summed E-state index contributed by atoms with van der Waals surface area (Å²) in [5.41, 5.74) is -0.711. The molecule has 0 bridgehead atoms. The molecule has 0 spiro atoms. The predicted molar refractivity (Wildman–Crippen MR) is 54.9 cm³/mol. The first kappa shape index (κ1) is 10.2. The van der Waals surface area contributed by atoms with E-state index in [1.165, 1.54) is 0 Å². The minimum atomic E-state index is -0.711. The molecule has 4 heteroatoms. The van der Waals surface area contributed by atoms with Gasteiger partial charge in [0.15, 0.2) is 5.54 Å². The number of ether oxygens (including phenoxy) is 2. The Hall–Kier alpha value is -1.31. The van der Waals surface area contributed by atoms with Gasteiger partial charge in [-0.15, -0.1) is 0 Å². The molecule has 0 aliphatic carbocycles. The second-order valence-corrected chi connectivity index (χ2v) is 3.74. The van der Waals surface area contributed by atoms with Gasteiger partial charge in [-0.2, -0.15) is 5.26 Å². The van der Waals surface area contributed by atoms with Crippen molar-refractivity contribution in [3.63, 3.8) is 0 Å². The monoisotopic (exact) mass is 206 g/mol. The summed E-state index contributed by atoms with van der Waals surface area (Å²) in [6, 6.07) is 2.23. The summed E-state index contributed by atoms with van der Waals surface area (Å²) in [6.45, 7) is 1.76. The number of hydrogen-bond acceptors (Lipinski definition) is 4. The summed E-state index contributed by atoms with van der Waals surface area (Å²) in [6.07, 6.45) is 8.35. The van der Waals surface area contributed by atoms with Crippen molar-refractivity contribution in [1.82, 2.24) is 5.32 Å². The zero-order chi connectivity index (χ0) is 10.6. The van der Waals surface area contributed by atoms with Crippen LogP contribution in [-0.2, 0) is 9.47 Å². The quantitative estimate of drug-likeness (QED) is 0.739. The van der Waals surface area contributed by atoms with Gasteiger partial charge in [0, 0.05) is 6.61 Å². The minimum Gasteiger partial charge on any atom is -0.379 e. The fourth-order valence-corrected chi connectivity index (χ4v) is 1.61. The summed E-state index contributed by atoms with van der Waals surface area (Å²) in [7, 11) is 0. The van der Waals surface area contributed by atoms with Crippen molar-refractivity contribution in [3.05, 3.63) is 24.4 Å². The van der Waals surface area contributed by atoms with Gasteiger partial charge in [-0.1, -0.05) is 6.08 Å². The lowest BCUT2D eigenvalue weighted by Gasteiger charge is -2.26. The average molecular weight is 206 g/mol. The Kier molecular flexibility index (Phi) is 3.05. The number of nitrogens with one attached hydrogen (secondary N) is 1. The molecule has 2 rings (SSSR count). The van der Waals surface area contributed by atoms with Crippen LogP contribution in [0.5, 0.6) is 0 Å². The van der Waals surface area contributed by atoms with E-state index in [0.29, 0.717) is 13.2 Å². The number of nitriles is 1. The molecule has 0 aromatic rings. The first-order chi connectivity index (χ1) is 7.35. The zero-order valence-electron chi connectivity index (χ0n) is 8.48. The topological polar surface area (TPSA) is 54.3 Å². The highest BCUT2D eigenvalue weighted by Gasteiger charge is 2.29. The van der Waals surface area contributed by atoms with Gasteiger partial charge >= 0.3 is 0 Å². The molecule has 15 heavy (non-hydrogen) atoms. The van der Waals surface area contributed by atoms with Gasteiger partial charge in [-0.05, 0) is 24.8 Å². The third-order valence-electron chi connectivity index (χ3n) is 2.56. The predicted octanol–water partition coefficient (Wildman–Crippen LogP) is 0.727. The van der Waals surface area contributed by atoms with Crippen LogP contribution in [0.15, 0.2) is 24.4 Å². The maximum Gasteiger partial charge on any atom is 0.167 e. The van der Waals surface area contributed by atoms with Crippen molar-refractivity contribution in [2.75, 3.05) is 19.8 Å². The molecule has 0 aromatic heterocycles. The molecule has 2 aliphatic heterocycles. The van der Waals surface area contributed by atoms with Crippen LogP contribution < -0.4 is 5.32 Å². The smallest absolute Gasteiger partial charge is 0.167 e. The maximum absolute atomic E-state index is 9.11. The first-order valence-electron chi connectivity index (χ1n) is 5.07. The molecule has 4 nitrogen and oxygen atoms in total. The molecular formula is C11H14N2O2. The third-order valence-corrected chi connectivity index (χ3v) is 2.56. The number of nitrogens with zero attached hydrogens (tertiary/aromatic N) is 1. The van der Waals surface area contributed by atoms with Crippen LogP contribution >= 0.6 is 0 Å².